The highest BCUT2D eigenvalue weighted by atomic mass is 35.5. The van der Waals surface area contributed by atoms with Crippen LogP contribution in [0.4, 0.5) is 5.69 Å². The third-order valence-corrected chi connectivity index (χ3v) is 4.42. The summed E-state index contributed by atoms with van der Waals surface area (Å²) in [6, 6.07) is 1.66. The van der Waals surface area contributed by atoms with Crippen molar-refractivity contribution in [1.29, 1.82) is 0 Å². The number of esters is 1. The average Bonchev–Trinajstić information content (AvgIpc) is 2.88. The summed E-state index contributed by atoms with van der Waals surface area (Å²) in [7, 11) is 1.76. The summed E-state index contributed by atoms with van der Waals surface area (Å²) in [6.45, 7) is 6.30. The van der Waals surface area contributed by atoms with E-state index in [1.807, 2.05) is 0 Å². The van der Waals surface area contributed by atoms with Crippen LogP contribution >= 0.6 is 12.4 Å². The average molecular weight is 358 g/mol. The predicted octanol–water partition coefficient (Wildman–Crippen LogP) is 2.59. The van der Waals surface area contributed by atoms with Crippen LogP contribution in [0.5, 0.6) is 0 Å². The summed E-state index contributed by atoms with van der Waals surface area (Å²) < 4.78 is 6.66. The molecular weight excluding hydrogens is 330 g/mol. The van der Waals surface area contributed by atoms with Crippen LogP contribution in [0.15, 0.2) is 12.3 Å². The molecule has 0 aliphatic carbocycles. The van der Waals surface area contributed by atoms with E-state index in [1.165, 1.54) is 12.8 Å². The first kappa shape index (κ1) is 20.5. The second-order valence-electron chi connectivity index (χ2n) is 6.28. The molecule has 1 aliphatic rings. The van der Waals surface area contributed by atoms with Gasteiger partial charge in [0.15, 0.2) is 0 Å². The molecule has 1 aliphatic heterocycles. The van der Waals surface area contributed by atoms with Crippen LogP contribution in [-0.4, -0.2) is 36.1 Å². The van der Waals surface area contributed by atoms with Gasteiger partial charge in [0.05, 0.1) is 12.3 Å². The van der Waals surface area contributed by atoms with Crippen molar-refractivity contribution in [3.8, 4) is 0 Å². The molecule has 0 bridgehead atoms. The molecule has 2 N–H and O–H groups in total. The monoisotopic (exact) mass is 357 g/mol. The number of amides is 1. The number of piperidine rings is 1. The highest BCUT2D eigenvalue weighted by molar-refractivity contribution is 5.94. The van der Waals surface area contributed by atoms with Gasteiger partial charge in [-0.2, -0.15) is 0 Å². The Morgan fingerprint density at radius 1 is 1.50 bits per heavy atom. The number of aryl methyl sites for hydroxylation is 1. The van der Waals surface area contributed by atoms with Crippen LogP contribution in [0.3, 0.4) is 0 Å². The van der Waals surface area contributed by atoms with Gasteiger partial charge >= 0.3 is 5.97 Å². The van der Waals surface area contributed by atoms with Crippen LogP contribution in [-0.2, 0) is 16.6 Å². The topological polar surface area (TPSA) is 72.4 Å². The molecule has 1 amide bonds. The molecule has 2 rings (SSSR count). The van der Waals surface area contributed by atoms with Gasteiger partial charge in [-0.15, -0.1) is 12.4 Å². The highest BCUT2D eigenvalue weighted by Crippen LogP contribution is 2.23. The Labute approximate surface area is 149 Å². The molecule has 0 saturated carbocycles. The quantitative estimate of drug-likeness (QED) is 0.767. The van der Waals surface area contributed by atoms with Crippen molar-refractivity contribution >= 4 is 30.0 Å². The lowest BCUT2D eigenvalue weighted by atomic mass is 9.85. The van der Waals surface area contributed by atoms with Gasteiger partial charge in [0, 0.05) is 19.7 Å². The molecule has 136 valence electrons. The van der Waals surface area contributed by atoms with Gasteiger partial charge in [-0.25, -0.2) is 4.79 Å². The molecule has 1 saturated heterocycles. The maximum absolute atomic E-state index is 12.2. The first-order valence-electron chi connectivity index (χ1n) is 8.35. The smallest absolute Gasteiger partial charge is 0.355 e. The lowest BCUT2D eigenvalue weighted by Gasteiger charge is -2.27. The van der Waals surface area contributed by atoms with E-state index >= 15 is 0 Å². The fourth-order valence-electron chi connectivity index (χ4n) is 3.08. The normalized spacial score (nSPS) is 18.4. The van der Waals surface area contributed by atoms with Gasteiger partial charge in [-0.3, -0.25) is 4.79 Å². The number of carbonyl (C=O) groups is 2. The highest BCUT2D eigenvalue weighted by Gasteiger charge is 2.22. The summed E-state index contributed by atoms with van der Waals surface area (Å²) in [5.41, 5.74) is 1.07. The molecule has 6 nitrogen and oxygen atoms in total. The number of nitrogens with one attached hydrogen (secondary N) is 2. The van der Waals surface area contributed by atoms with Crippen molar-refractivity contribution in [2.45, 2.75) is 33.1 Å². The number of rotatable bonds is 6. The van der Waals surface area contributed by atoms with Gasteiger partial charge in [0.1, 0.15) is 5.69 Å². The summed E-state index contributed by atoms with van der Waals surface area (Å²) in [5.74, 6) is 0.512. The molecule has 0 spiro atoms. The van der Waals surface area contributed by atoms with Crippen LogP contribution < -0.4 is 10.6 Å². The van der Waals surface area contributed by atoms with Gasteiger partial charge in [0.25, 0.3) is 0 Å². The van der Waals surface area contributed by atoms with Crippen LogP contribution in [0, 0.1) is 11.8 Å². The lowest BCUT2D eigenvalue weighted by Crippen LogP contribution is -2.34. The van der Waals surface area contributed by atoms with E-state index in [4.69, 9.17) is 4.74 Å². The van der Waals surface area contributed by atoms with Crippen molar-refractivity contribution in [2.75, 3.05) is 25.0 Å². The minimum Gasteiger partial charge on any atom is -0.461 e. The molecular formula is C17H28ClN3O3. The number of hydrogen-bond donors (Lipinski definition) is 2. The summed E-state index contributed by atoms with van der Waals surface area (Å²) in [6.07, 6.45) is 4.59. The molecule has 1 aromatic rings. The summed E-state index contributed by atoms with van der Waals surface area (Å²) in [4.78, 5) is 24.0. The molecule has 1 fully saturated rings. The van der Waals surface area contributed by atoms with E-state index in [0.29, 0.717) is 36.2 Å². The Morgan fingerprint density at radius 3 is 2.88 bits per heavy atom. The molecule has 24 heavy (non-hydrogen) atoms. The SMILES string of the molecule is CCOC(=O)c1cc(NC(=O)CC(C)C2CCCNC2)cn1C.Cl. The Kier molecular flexibility index (Phi) is 8.28. The molecule has 1 aromatic heterocycles. The van der Waals surface area contributed by atoms with Crippen molar-refractivity contribution in [1.82, 2.24) is 9.88 Å². The first-order chi connectivity index (χ1) is 11.0. The third kappa shape index (κ3) is 5.53. The van der Waals surface area contributed by atoms with Gasteiger partial charge in [-0.05, 0) is 50.8 Å². The zero-order chi connectivity index (χ0) is 16.8. The zero-order valence-corrected chi connectivity index (χ0v) is 15.4. The van der Waals surface area contributed by atoms with Gasteiger partial charge in [-0.1, -0.05) is 6.92 Å². The van der Waals surface area contributed by atoms with Crippen LogP contribution in [0.25, 0.3) is 0 Å². The number of anilines is 1. The number of ether oxygens (including phenoxy) is 1. The van der Waals surface area contributed by atoms with Gasteiger partial charge < -0.3 is 19.9 Å². The van der Waals surface area contributed by atoms with E-state index in [9.17, 15) is 9.59 Å². The molecule has 0 radical (unpaired) electrons. The Hall–Kier alpha value is -1.53. The summed E-state index contributed by atoms with van der Waals surface area (Å²) >= 11 is 0. The minimum absolute atomic E-state index is 0. The van der Waals surface area contributed by atoms with Crippen molar-refractivity contribution in [2.24, 2.45) is 18.9 Å². The maximum Gasteiger partial charge on any atom is 0.355 e. The number of halogens is 1. The zero-order valence-electron chi connectivity index (χ0n) is 14.6. The van der Waals surface area contributed by atoms with E-state index in [2.05, 4.69) is 17.6 Å². The second kappa shape index (κ2) is 9.69. The molecule has 2 atom stereocenters. The lowest BCUT2D eigenvalue weighted by molar-refractivity contribution is -0.117. The van der Waals surface area contributed by atoms with Crippen molar-refractivity contribution in [3.63, 3.8) is 0 Å². The Bertz CT molecular complexity index is 553. The number of carbonyl (C=O) groups excluding carboxylic acids is 2. The maximum atomic E-state index is 12.2. The molecule has 0 aromatic carbocycles. The largest absolute Gasteiger partial charge is 0.461 e. The Balaban J connectivity index is 0.00000288. The number of hydrogen-bond acceptors (Lipinski definition) is 4. The third-order valence-electron chi connectivity index (χ3n) is 4.42. The molecule has 2 unspecified atom stereocenters. The first-order valence-corrected chi connectivity index (χ1v) is 8.35. The fourth-order valence-corrected chi connectivity index (χ4v) is 3.08. The minimum atomic E-state index is -0.378. The number of aromatic nitrogens is 1. The van der Waals surface area contributed by atoms with E-state index in [1.54, 1.807) is 30.8 Å². The summed E-state index contributed by atoms with van der Waals surface area (Å²) in [5, 5.41) is 6.27. The van der Waals surface area contributed by atoms with E-state index in [0.717, 1.165) is 13.1 Å². The van der Waals surface area contributed by atoms with E-state index < -0.39 is 0 Å². The Morgan fingerprint density at radius 2 is 2.25 bits per heavy atom. The van der Waals surface area contributed by atoms with Gasteiger partial charge in [0.2, 0.25) is 5.91 Å². The second-order valence-corrected chi connectivity index (χ2v) is 6.28. The number of nitrogens with zero attached hydrogens (tertiary/aromatic N) is 1. The molecule has 2 heterocycles. The van der Waals surface area contributed by atoms with Crippen molar-refractivity contribution in [3.05, 3.63) is 18.0 Å². The van der Waals surface area contributed by atoms with Crippen molar-refractivity contribution < 1.29 is 14.3 Å². The van der Waals surface area contributed by atoms with Crippen LogP contribution in [0.2, 0.25) is 0 Å². The van der Waals surface area contributed by atoms with E-state index in [-0.39, 0.29) is 24.3 Å². The predicted molar refractivity (Wildman–Crippen MR) is 96.6 cm³/mol. The fraction of sp³-hybridized carbons (Fsp3) is 0.647. The standard InChI is InChI=1S/C17H27N3O3.ClH/c1-4-23-17(22)15-9-14(11-20(15)3)19-16(21)8-12(2)13-6-5-7-18-10-13;/h9,11-13,18H,4-8,10H2,1-3H3,(H,19,21);1H. The molecule has 7 heteroatoms. The van der Waals surface area contributed by atoms with Crippen LogP contribution in [0.1, 0.15) is 43.6 Å².